The largest absolute Gasteiger partial charge is 0.476 e. The van der Waals surface area contributed by atoms with Gasteiger partial charge in [0.15, 0.2) is 0 Å². The zero-order valence-corrected chi connectivity index (χ0v) is 12.2. The normalized spacial score (nSPS) is 11.4. The SMILES string of the molecule is CCCOc1nc(SCCS(C)(=O)=O)ccc1N. The third kappa shape index (κ3) is 5.59. The van der Waals surface area contributed by atoms with Crippen LogP contribution in [0.4, 0.5) is 5.69 Å². The van der Waals surface area contributed by atoms with Gasteiger partial charge in [0.1, 0.15) is 14.9 Å². The summed E-state index contributed by atoms with van der Waals surface area (Å²) in [5.74, 6) is 1.03. The number of hydrogen-bond donors (Lipinski definition) is 1. The first-order chi connectivity index (χ1) is 8.42. The monoisotopic (exact) mass is 290 g/mol. The Balaban J connectivity index is 2.61. The van der Waals surface area contributed by atoms with E-state index in [1.54, 1.807) is 12.1 Å². The average molecular weight is 290 g/mol. The van der Waals surface area contributed by atoms with Gasteiger partial charge in [0.05, 0.1) is 18.0 Å². The molecule has 0 aliphatic heterocycles. The molecule has 18 heavy (non-hydrogen) atoms. The van der Waals surface area contributed by atoms with Crippen molar-refractivity contribution >= 4 is 27.3 Å². The van der Waals surface area contributed by atoms with Crippen LogP contribution >= 0.6 is 11.8 Å². The summed E-state index contributed by atoms with van der Waals surface area (Å²) in [6, 6.07) is 3.49. The molecular formula is C11H18N2O3S2. The lowest BCUT2D eigenvalue weighted by Gasteiger charge is -2.08. The van der Waals surface area contributed by atoms with E-state index in [1.807, 2.05) is 6.92 Å². The van der Waals surface area contributed by atoms with Crippen molar-refractivity contribution in [2.24, 2.45) is 0 Å². The predicted octanol–water partition coefficient (Wildman–Crippen LogP) is 1.59. The average Bonchev–Trinajstić information content (AvgIpc) is 2.28. The molecule has 102 valence electrons. The molecule has 0 aliphatic rings. The Morgan fingerprint density at radius 2 is 2.17 bits per heavy atom. The Morgan fingerprint density at radius 3 is 2.78 bits per heavy atom. The van der Waals surface area contributed by atoms with Gasteiger partial charge >= 0.3 is 0 Å². The van der Waals surface area contributed by atoms with Crippen molar-refractivity contribution in [1.29, 1.82) is 0 Å². The van der Waals surface area contributed by atoms with Crippen LogP contribution in [-0.4, -0.2) is 37.8 Å². The Kier molecular flexibility index (Phi) is 5.74. The van der Waals surface area contributed by atoms with E-state index in [-0.39, 0.29) is 5.75 Å². The van der Waals surface area contributed by atoms with Crippen LogP contribution in [0.25, 0.3) is 0 Å². The summed E-state index contributed by atoms with van der Waals surface area (Å²) in [6.07, 6.45) is 2.10. The van der Waals surface area contributed by atoms with Gasteiger partial charge in [0.2, 0.25) is 5.88 Å². The maximum absolute atomic E-state index is 11.0. The topological polar surface area (TPSA) is 82.3 Å². The van der Waals surface area contributed by atoms with Crippen LogP contribution in [-0.2, 0) is 9.84 Å². The zero-order valence-electron chi connectivity index (χ0n) is 10.5. The smallest absolute Gasteiger partial charge is 0.238 e. The number of sulfone groups is 1. The van der Waals surface area contributed by atoms with Crippen molar-refractivity contribution in [2.75, 3.05) is 30.1 Å². The highest BCUT2D eigenvalue weighted by molar-refractivity contribution is 8.00. The first-order valence-electron chi connectivity index (χ1n) is 5.62. The summed E-state index contributed by atoms with van der Waals surface area (Å²) in [4.78, 5) is 4.25. The minimum absolute atomic E-state index is 0.134. The number of anilines is 1. The molecule has 5 nitrogen and oxygen atoms in total. The first kappa shape index (κ1) is 15.1. The van der Waals surface area contributed by atoms with Gasteiger partial charge < -0.3 is 10.5 Å². The van der Waals surface area contributed by atoms with Gasteiger partial charge in [-0.1, -0.05) is 6.92 Å². The van der Waals surface area contributed by atoms with Crippen molar-refractivity contribution in [3.05, 3.63) is 12.1 Å². The molecule has 0 aromatic carbocycles. The number of nitrogen functional groups attached to an aromatic ring is 1. The second-order valence-electron chi connectivity index (χ2n) is 3.87. The number of ether oxygens (including phenoxy) is 1. The third-order valence-corrected chi connectivity index (χ3v) is 4.15. The Labute approximate surface area is 112 Å². The van der Waals surface area contributed by atoms with Crippen molar-refractivity contribution in [3.63, 3.8) is 0 Å². The van der Waals surface area contributed by atoms with Crippen molar-refractivity contribution < 1.29 is 13.2 Å². The van der Waals surface area contributed by atoms with Crippen LogP contribution in [0.1, 0.15) is 13.3 Å². The molecule has 0 atom stereocenters. The highest BCUT2D eigenvalue weighted by Gasteiger charge is 2.07. The lowest BCUT2D eigenvalue weighted by molar-refractivity contribution is 0.305. The van der Waals surface area contributed by atoms with Gasteiger partial charge in [-0.25, -0.2) is 13.4 Å². The quantitative estimate of drug-likeness (QED) is 0.768. The number of nitrogens with two attached hydrogens (primary N) is 1. The molecule has 1 heterocycles. The predicted molar refractivity (Wildman–Crippen MR) is 74.9 cm³/mol. The Bertz CT molecular complexity index is 489. The van der Waals surface area contributed by atoms with Crippen LogP contribution in [0.2, 0.25) is 0 Å². The maximum atomic E-state index is 11.0. The molecular weight excluding hydrogens is 272 g/mol. The molecule has 0 fully saturated rings. The van der Waals surface area contributed by atoms with Gasteiger partial charge in [0, 0.05) is 12.0 Å². The lowest BCUT2D eigenvalue weighted by atomic mass is 10.4. The first-order valence-corrected chi connectivity index (χ1v) is 8.67. The standard InChI is InChI=1S/C11H18N2O3S2/c1-3-6-16-11-9(12)4-5-10(13-11)17-7-8-18(2,14)15/h4-5H,3,6-8,12H2,1-2H3. The number of aromatic nitrogens is 1. The van der Waals surface area contributed by atoms with Crippen LogP contribution in [0.15, 0.2) is 17.2 Å². The summed E-state index contributed by atoms with van der Waals surface area (Å²) >= 11 is 1.38. The summed E-state index contributed by atoms with van der Waals surface area (Å²) in [7, 11) is -2.93. The molecule has 1 aromatic heterocycles. The number of nitrogens with zero attached hydrogens (tertiary/aromatic N) is 1. The van der Waals surface area contributed by atoms with E-state index >= 15 is 0 Å². The number of pyridine rings is 1. The highest BCUT2D eigenvalue weighted by Crippen LogP contribution is 2.24. The molecule has 0 bridgehead atoms. The fraction of sp³-hybridized carbons (Fsp3) is 0.545. The van der Waals surface area contributed by atoms with Gasteiger partial charge in [-0.3, -0.25) is 0 Å². The fourth-order valence-electron chi connectivity index (χ4n) is 1.13. The molecule has 0 aliphatic carbocycles. The second kappa shape index (κ2) is 6.84. The Morgan fingerprint density at radius 1 is 1.44 bits per heavy atom. The minimum Gasteiger partial charge on any atom is -0.476 e. The third-order valence-electron chi connectivity index (χ3n) is 2.01. The molecule has 0 spiro atoms. The van der Waals surface area contributed by atoms with Crippen molar-refractivity contribution in [1.82, 2.24) is 4.98 Å². The molecule has 0 radical (unpaired) electrons. The van der Waals surface area contributed by atoms with Gasteiger partial charge in [-0.15, -0.1) is 11.8 Å². The summed E-state index contributed by atoms with van der Waals surface area (Å²) in [5, 5.41) is 0.721. The van der Waals surface area contributed by atoms with Crippen molar-refractivity contribution in [3.8, 4) is 5.88 Å². The molecule has 1 rings (SSSR count). The van der Waals surface area contributed by atoms with E-state index in [0.29, 0.717) is 23.9 Å². The molecule has 0 saturated heterocycles. The Hall–Kier alpha value is -0.950. The van der Waals surface area contributed by atoms with E-state index in [2.05, 4.69) is 4.98 Å². The number of hydrogen-bond acceptors (Lipinski definition) is 6. The van der Waals surface area contributed by atoms with Gasteiger partial charge in [0.25, 0.3) is 0 Å². The molecule has 0 unspecified atom stereocenters. The van der Waals surface area contributed by atoms with Gasteiger partial charge in [-0.05, 0) is 18.6 Å². The van der Waals surface area contributed by atoms with Crippen LogP contribution in [0.5, 0.6) is 5.88 Å². The fourth-order valence-corrected chi connectivity index (χ4v) is 3.19. The van der Waals surface area contributed by atoms with Gasteiger partial charge in [-0.2, -0.15) is 0 Å². The molecule has 2 N–H and O–H groups in total. The van der Waals surface area contributed by atoms with Crippen LogP contribution < -0.4 is 10.5 Å². The van der Waals surface area contributed by atoms with Crippen molar-refractivity contribution in [2.45, 2.75) is 18.4 Å². The van der Waals surface area contributed by atoms with E-state index in [4.69, 9.17) is 10.5 Å². The van der Waals surface area contributed by atoms with E-state index in [0.717, 1.165) is 11.4 Å². The summed E-state index contributed by atoms with van der Waals surface area (Å²) < 4.78 is 27.4. The van der Waals surface area contributed by atoms with Crippen LogP contribution in [0, 0.1) is 0 Å². The van der Waals surface area contributed by atoms with E-state index in [1.165, 1.54) is 18.0 Å². The second-order valence-corrected chi connectivity index (χ2v) is 7.25. The summed E-state index contributed by atoms with van der Waals surface area (Å²) in [5.41, 5.74) is 6.23. The molecule has 1 aromatic rings. The van der Waals surface area contributed by atoms with E-state index in [9.17, 15) is 8.42 Å². The molecule has 0 saturated carbocycles. The van der Waals surface area contributed by atoms with E-state index < -0.39 is 9.84 Å². The number of thioether (sulfide) groups is 1. The highest BCUT2D eigenvalue weighted by atomic mass is 32.2. The maximum Gasteiger partial charge on any atom is 0.238 e. The molecule has 0 amide bonds. The molecule has 7 heteroatoms. The minimum atomic E-state index is -2.93. The lowest BCUT2D eigenvalue weighted by Crippen LogP contribution is -2.05. The van der Waals surface area contributed by atoms with Crippen LogP contribution in [0.3, 0.4) is 0 Å². The number of rotatable bonds is 7. The zero-order chi connectivity index (χ0) is 13.6. The summed E-state index contributed by atoms with van der Waals surface area (Å²) in [6.45, 7) is 2.57.